The Morgan fingerprint density at radius 2 is 1.65 bits per heavy atom. The number of carbonyl (C=O) groups excluding carboxylic acids is 2. The van der Waals surface area contributed by atoms with Gasteiger partial charge in [-0.25, -0.2) is 0 Å². The van der Waals surface area contributed by atoms with Crippen LogP contribution in [0.25, 0.3) is 0 Å². The molecule has 3 aromatic carbocycles. The molecule has 1 amide bonds. The molecule has 1 N–H and O–H groups in total. The fourth-order valence-corrected chi connectivity index (χ4v) is 5.67. The lowest BCUT2D eigenvalue weighted by atomic mass is 9.78. The van der Waals surface area contributed by atoms with Gasteiger partial charge >= 0.3 is 0 Å². The van der Waals surface area contributed by atoms with Crippen molar-refractivity contribution in [2.24, 2.45) is 0 Å². The molecule has 1 heterocycles. The lowest BCUT2D eigenvalue weighted by Gasteiger charge is -2.35. The van der Waals surface area contributed by atoms with Crippen LogP contribution in [0.3, 0.4) is 0 Å². The van der Waals surface area contributed by atoms with Gasteiger partial charge in [-0.05, 0) is 61.1 Å². The average molecular weight is 513 g/mol. The zero-order chi connectivity index (χ0) is 25.9. The van der Waals surface area contributed by atoms with Gasteiger partial charge in [0.1, 0.15) is 0 Å². The molecule has 0 spiro atoms. The topological polar surface area (TPSA) is 49.4 Å². The van der Waals surface area contributed by atoms with Crippen molar-refractivity contribution in [3.63, 3.8) is 0 Å². The van der Waals surface area contributed by atoms with Gasteiger partial charge in [0, 0.05) is 29.1 Å². The third-order valence-corrected chi connectivity index (χ3v) is 7.74. The van der Waals surface area contributed by atoms with Crippen molar-refractivity contribution in [3.05, 3.63) is 106 Å². The summed E-state index contributed by atoms with van der Waals surface area (Å²) >= 11 is 6.13. The van der Waals surface area contributed by atoms with Crippen LogP contribution in [0.5, 0.6) is 0 Å². The third kappa shape index (κ3) is 5.21. The zero-order valence-electron chi connectivity index (χ0n) is 21.5. The van der Waals surface area contributed by atoms with E-state index in [1.807, 2.05) is 53.4 Å². The molecule has 4 nitrogen and oxygen atoms in total. The Hall–Kier alpha value is -3.37. The first-order valence-corrected chi connectivity index (χ1v) is 13.6. The van der Waals surface area contributed by atoms with E-state index in [9.17, 15) is 9.59 Å². The largest absolute Gasteiger partial charge is 0.357 e. The van der Waals surface area contributed by atoms with E-state index in [1.165, 1.54) is 0 Å². The van der Waals surface area contributed by atoms with E-state index in [1.54, 1.807) is 0 Å². The second-order valence-electron chi connectivity index (χ2n) is 10.1. The highest BCUT2D eigenvalue weighted by molar-refractivity contribution is 6.30. The van der Waals surface area contributed by atoms with E-state index in [0.29, 0.717) is 29.9 Å². The maximum Gasteiger partial charge on any atom is 0.227 e. The SMILES string of the molecule is CCCCCC(=O)N1c2ccccc2NC2=C(C(=O)C[C@H](c3ccc(Cl)cc3)C2)[C@@H]1c1ccc(C)cc1. The molecule has 0 aromatic heterocycles. The molecule has 3 aromatic rings. The molecular weight excluding hydrogens is 480 g/mol. The number of aryl methyl sites for hydroxylation is 1. The van der Waals surface area contributed by atoms with Crippen molar-refractivity contribution >= 4 is 34.7 Å². The molecule has 0 fully saturated rings. The minimum Gasteiger partial charge on any atom is -0.357 e. The quantitative estimate of drug-likeness (QED) is 0.339. The Kier molecular flexibility index (Phi) is 7.48. The number of rotatable bonds is 6. The fourth-order valence-electron chi connectivity index (χ4n) is 5.55. The number of allylic oxidation sites excluding steroid dienone is 1. The minimum atomic E-state index is -0.473. The molecule has 0 radical (unpaired) electrons. The smallest absolute Gasteiger partial charge is 0.227 e. The predicted molar refractivity (Wildman–Crippen MR) is 151 cm³/mol. The first kappa shape index (κ1) is 25.3. The molecule has 5 heteroatoms. The monoisotopic (exact) mass is 512 g/mol. The van der Waals surface area contributed by atoms with Crippen LogP contribution < -0.4 is 10.2 Å². The standard InChI is InChI=1S/C32H33ClN2O2/c1-3-4-5-10-30(37)35-28-9-7-6-8-26(28)34-27-19-24(22-15-17-25(33)18-16-22)20-29(36)31(27)32(35)23-13-11-21(2)12-14-23/h6-9,11-18,24,32,34H,3-5,10,19-20H2,1-2H3/t24-,32+/m1/s1. The summed E-state index contributed by atoms with van der Waals surface area (Å²) in [5.74, 6) is 0.182. The van der Waals surface area contributed by atoms with Crippen LogP contribution in [0.1, 0.15) is 74.1 Å². The molecule has 0 saturated carbocycles. The van der Waals surface area contributed by atoms with Gasteiger partial charge in [0.05, 0.1) is 17.4 Å². The summed E-state index contributed by atoms with van der Waals surface area (Å²) in [5, 5.41) is 4.29. The molecule has 190 valence electrons. The zero-order valence-corrected chi connectivity index (χ0v) is 22.2. The van der Waals surface area contributed by atoms with Crippen LogP contribution in [-0.2, 0) is 9.59 Å². The Labute approximate surface area is 224 Å². The average Bonchev–Trinajstić information content (AvgIpc) is 3.04. The maximum absolute atomic E-state index is 14.0. The predicted octanol–water partition coefficient (Wildman–Crippen LogP) is 8.13. The number of benzene rings is 3. The number of Topliss-reactive ketones (excluding diaryl/α,β-unsaturated/α-hetero) is 1. The van der Waals surface area contributed by atoms with Crippen LogP contribution in [0.2, 0.25) is 5.02 Å². The number of hydrogen-bond acceptors (Lipinski definition) is 3. The van der Waals surface area contributed by atoms with Gasteiger partial charge in [-0.3, -0.25) is 14.5 Å². The summed E-state index contributed by atoms with van der Waals surface area (Å²) in [6.07, 6.45) is 4.43. The number of nitrogens with one attached hydrogen (secondary N) is 1. The van der Waals surface area contributed by atoms with Crippen molar-refractivity contribution in [3.8, 4) is 0 Å². The molecule has 0 saturated heterocycles. The third-order valence-electron chi connectivity index (χ3n) is 7.49. The van der Waals surface area contributed by atoms with Crippen LogP contribution in [-0.4, -0.2) is 11.7 Å². The molecular formula is C32H33ClN2O2. The molecule has 1 aliphatic carbocycles. The van der Waals surface area contributed by atoms with Crippen molar-refractivity contribution in [2.45, 2.75) is 64.3 Å². The number of nitrogens with zero attached hydrogens (tertiary/aromatic N) is 1. The normalized spacial score (nSPS) is 19.1. The number of unbranched alkanes of at least 4 members (excludes halogenated alkanes) is 2. The van der Waals surface area contributed by atoms with Gasteiger partial charge in [-0.1, -0.05) is 85.5 Å². The Bertz CT molecular complexity index is 1330. The van der Waals surface area contributed by atoms with Crippen molar-refractivity contribution in [1.82, 2.24) is 0 Å². The molecule has 5 rings (SSSR count). The Morgan fingerprint density at radius 3 is 2.38 bits per heavy atom. The summed E-state index contributed by atoms with van der Waals surface area (Å²) < 4.78 is 0. The fraction of sp³-hybridized carbons (Fsp3) is 0.312. The van der Waals surface area contributed by atoms with Crippen molar-refractivity contribution in [1.29, 1.82) is 0 Å². The number of para-hydroxylation sites is 2. The summed E-state index contributed by atoms with van der Waals surface area (Å²) in [5.41, 5.74) is 6.48. The van der Waals surface area contributed by atoms with E-state index in [4.69, 9.17) is 11.6 Å². The second-order valence-corrected chi connectivity index (χ2v) is 10.6. The van der Waals surface area contributed by atoms with Gasteiger partial charge in [0.25, 0.3) is 0 Å². The van der Waals surface area contributed by atoms with Gasteiger partial charge in [-0.2, -0.15) is 0 Å². The van der Waals surface area contributed by atoms with Gasteiger partial charge in [0.15, 0.2) is 5.78 Å². The summed E-state index contributed by atoms with van der Waals surface area (Å²) in [6, 6.07) is 23.5. The minimum absolute atomic E-state index is 0.0497. The van der Waals surface area contributed by atoms with Crippen molar-refractivity contribution in [2.75, 3.05) is 10.2 Å². The number of ketones is 1. The molecule has 37 heavy (non-hydrogen) atoms. The Morgan fingerprint density at radius 1 is 0.946 bits per heavy atom. The summed E-state index contributed by atoms with van der Waals surface area (Å²) in [7, 11) is 0. The van der Waals surface area contributed by atoms with E-state index < -0.39 is 6.04 Å². The van der Waals surface area contributed by atoms with Gasteiger partial charge in [-0.15, -0.1) is 0 Å². The number of hydrogen-bond donors (Lipinski definition) is 1. The molecule has 0 bridgehead atoms. The first-order chi connectivity index (χ1) is 18.0. The summed E-state index contributed by atoms with van der Waals surface area (Å²) in [4.78, 5) is 29.8. The molecule has 1 aliphatic heterocycles. The lowest BCUT2D eigenvalue weighted by molar-refractivity contribution is -0.119. The number of amides is 1. The van der Waals surface area contributed by atoms with E-state index in [-0.39, 0.29) is 17.6 Å². The van der Waals surface area contributed by atoms with Gasteiger partial charge in [0.2, 0.25) is 5.91 Å². The number of anilines is 2. The van der Waals surface area contributed by atoms with Crippen molar-refractivity contribution < 1.29 is 9.59 Å². The molecule has 0 unspecified atom stereocenters. The van der Waals surface area contributed by atoms with Crippen LogP contribution in [0.4, 0.5) is 11.4 Å². The van der Waals surface area contributed by atoms with Gasteiger partial charge < -0.3 is 5.32 Å². The Balaban J connectivity index is 1.65. The highest BCUT2D eigenvalue weighted by Gasteiger charge is 2.41. The summed E-state index contributed by atoms with van der Waals surface area (Å²) in [6.45, 7) is 4.19. The lowest BCUT2D eigenvalue weighted by Crippen LogP contribution is -2.38. The maximum atomic E-state index is 14.0. The van der Waals surface area contributed by atoms with E-state index >= 15 is 0 Å². The van der Waals surface area contributed by atoms with Crippen LogP contribution in [0.15, 0.2) is 84.1 Å². The number of halogens is 1. The highest BCUT2D eigenvalue weighted by atomic mass is 35.5. The van der Waals surface area contributed by atoms with E-state index in [0.717, 1.165) is 53.0 Å². The molecule has 2 atom stereocenters. The number of fused-ring (bicyclic) bond motifs is 1. The second kappa shape index (κ2) is 10.9. The molecule has 2 aliphatic rings. The first-order valence-electron chi connectivity index (χ1n) is 13.2. The highest BCUT2D eigenvalue weighted by Crippen LogP contribution is 2.47. The van der Waals surface area contributed by atoms with Crippen LogP contribution >= 0.6 is 11.6 Å². The van der Waals surface area contributed by atoms with E-state index in [2.05, 4.69) is 43.4 Å². The van der Waals surface area contributed by atoms with Crippen LogP contribution in [0, 0.1) is 6.92 Å². The number of carbonyl (C=O) groups is 2.